The number of benzene rings is 1. The molecule has 0 saturated carbocycles. The molecule has 3 N–H and O–H groups in total. The summed E-state index contributed by atoms with van der Waals surface area (Å²) in [5.74, 6) is 1.42. The van der Waals surface area contributed by atoms with Crippen LogP contribution in [0.25, 0.3) is 0 Å². The largest absolute Gasteiger partial charge is 0.508 e. The molecule has 0 atom stereocenters. The minimum absolute atomic E-state index is 0.0332. The highest BCUT2D eigenvalue weighted by Gasteiger charge is 2.24. The Kier molecular flexibility index (Phi) is 7.16. The zero-order valence-electron chi connectivity index (χ0n) is 18.9. The third-order valence-corrected chi connectivity index (χ3v) is 5.68. The Bertz CT molecular complexity index is 918. The number of anilines is 2. The number of hydrogen-bond donors (Lipinski definition) is 2. The molecule has 1 fully saturated rings. The van der Waals surface area contributed by atoms with Gasteiger partial charge in [-0.3, -0.25) is 4.90 Å². The van der Waals surface area contributed by atoms with Crippen molar-refractivity contribution in [3.8, 4) is 17.5 Å². The topological polar surface area (TPSA) is 106 Å². The van der Waals surface area contributed by atoms with Crippen molar-refractivity contribution in [1.29, 1.82) is 0 Å². The van der Waals surface area contributed by atoms with E-state index in [1.165, 1.54) is 0 Å². The molecule has 0 radical (unpaired) electrons. The van der Waals surface area contributed by atoms with Crippen LogP contribution in [0.4, 0.5) is 11.5 Å². The van der Waals surface area contributed by atoms with Gasteiger partial charge in [0.2, 0.25) is 0 Å². The van der Waals surface area contributed by atoms with Crippen molar-refractivity contribution in [3.63, 3.8) is 0 Å². The number of aromatic hydroxyl groups is 1. The van der Waals surface area contributed by atoms with Crippen LogP contribution in [0, 0.1) is 0 Å². The van der Waals surface area contributed by atoms with Gasteiger partial charge in [0, 0.05) is 37.8 Å². The molecule has 4 rings (SSSR count). The average molecular weight is 444 g/mol. The molecule has 0 aliphatic carbocycles. The van der Waals surface area contributed by atoms with Gasteiger partial charge in [-0.1, -0.05) is 0 Å². The highest BCUT2D eigenvalue weighted by molar-refractivity contribution is 5.63. The molecular weight excluding hydrogens is 410 g/mol. The normalized spacial score (nSPS) is 16.8. The Labute approximate surface area is 189 Å². The minimum atomic E-state index is 0.0332. The van der Waals surface area contributed by atoms with Gasteiger partial charge in [-0.05, 0) is 38.8 Å². The highest BCUT2D eigenvalue weighted by atomic mass is 16.5. The summed E-state index contributed by atoms with van der Waals surface area (Å²) in [5, 5.41) is 10.0. The molecule has 32 heavy (non-hydrogen) atoms. The lowest BCUT2D eigenvalue weighted by molar-refractivity contribution is 0.0356. The molecule has 1 aromatic carbocycles. The molecule has 174 valence electrons. The second-order valence-electron chi connectivity index (χ2n) is 8.46. The summed E-state index contributed by atoms with van der Waals surface area (Å²) >= 11 is 0. The van der Waals surface area contributed by atoms with Crippen LogP contribution in [-0.2, 0) is 17.7 Å². The van der Waals surface area contributed by atoms with Crippen molar-refractivity contribution < 1.29 is 19.3 Å². The van der Waals surface area contributed by atoms with E-state index in [0.717, 1.165) is 74.9 Å². The lowest BCUT2D eigenvalue weighted by Gasteiger charge is -2.32. The van der Waals surface area contributed by atoms with E-state index in [2.05, 4.69) is 19.8 Å². The number of fused-ring (bicyclic) bond motifs is 1. The number of morpholine rings is 1. The van der Waals surface area contributed by atoms with Crippen LogP contribution in [0.2, 0.25) is 0 Å². The van der Waals surface area contributed by atoms with Crippen molar-refractivity contribution in [3.05, 3.63) is 29.5 Å². The first kappa shape index (κ1) is 22.4. The molecule has 0 spiro atoms. The first-order valence-electron chi connectivity index (χ1n) is 11.3. The molecule has 2 aliphatic rings. The van der Waals surface area contributed by atoms with Crippen LogP contribution in [0.3, 0.4) is 0 Å². The second kappa shape index (κ2) is 10.2. The van der Waals surface area contributed by atoms with Gasteiger partial charge in [0.1, 0.15) is 17.3 Å². The van der Waals surface area contributed by atoms with Gasteiger partial charge >= 0.3 is 6.01 Å². The molecule has 2 aromatic rings. The number of nitrogen functional groups attached to an aromatic ring is 1. The zero-order chi connectivity index (χ0) is 22.5. The summed E-state index contributed by atoms with van der Waals surface area (Å²) < 4.78 is 17.2. The fourth-order valence-corrected chi connectivity index (χ4v) is 4.09. The molecule has 0 bridgehead atoms. The molecule has 0 unspecified atom stereocenters. The standard InChI is InChI=1S/C23H33N5O4/c1-16(2)32-21-5-4-17(29)14-20(21)28-8-6-18-19(15-28)25-23(26-22(18)24)31-11-3-7-27-9-12-30-13-10-27/h4-5,14,16,29H,3,6-13,15H2,1-2H3,(H2,24,25,26). The fourth-order valence-electron chi connectivity index (χ4n) is 4.09. The van der Waals surface area contributed by atoms with Gasteiger partial charge in [-0.25, -0.2) is 0 Å². The summed E-state index contributed by atoms with van der Waals surface area (Å²) in [4.78, 5) is 13.5. The summed E-state index contributed by atoms with van der Waals surface area (Å²) in [7, 11) is 0. The fraction of sp³-hybridized carbons (Fsp3) is 0.565. The van der Waals surface area contributed by atoms with Crippen molar-refractivity contribution >= 4 is 11.5 Å². The van der Waals surface area contributed by atoms with Crippen LogP contribution in [0.5, 0.6) is 17.5 Å². The van der Waals surface area contributed by atoms with E-state index in [0.29, 0.717) is 25.0 Å². The smallest absolute Gasteiger partial charge is 0.318 e. The predicted octanol–water partition coefficient (Wildman–Crippen LogP) is 2.22. The number of nitrogens with two attached hydrogens (primary N) is 1. The van der Waals surface area contributed by atoms with Crippen LogP contribution in [0.1, 0.15) is 31.5 Å². The Morgan fingerprint density at radius 2 is 2.00 bits per heavy atom. The number of ether oxygens (including phenoxy) is 3. The van der Waals surface area contributed by atoms with Crippen LogP contribution < -0.4 is 20.1 Å². The molecule has 9 heteroatoms. The molecule has 0 amide bonds. The first-order chi connectivity index (χ1) is 15.5. The molecule has 3 heterocycles. The van der Waals surface area contributed by atoms with Crippen molar-refractivity contribution in [2.24, 2.45) is 0 Å². The maximum atomic E-state index is 10.0. The van der Waals surface area contributed by atoms with Gasteiger partial charge in [-0.2, -0.15) is 9.97 Å². The molecular formula is C23H33N5O4. The lowest BCUT2D eigenvalue weighted by atomic mass is 10.0. The molecule has 9 nitrogen and oxygen atoms in total. The van der Waals surface area contributed by atoms with E-state index in [9.17, 15) is 5.11 Å². The van der Waals surface area contributed by atoms with Crippen LogP contribution in [-0.4, -0.2) is 72.1 Å². The van der Waals surface area contributed by atoms with E-state index >= 15 is 0 Å². The van der Waals surface area contributed by atoms with Crippen molar-refractivity contribution in [1.82, 2.24) is 14.9 Å². The van der Waals surface area contributed by atoms with Gasteiger partial charge in [-0.15, -0.1) is 0 Å². The highest BCUT2D eigenvalue weighted by Crippen LogP contribution is 2.36. The lowest BCUT2D eigenvalue weighted by Crippen LogP contribution is -2.37. The second-order valence-corrected chi connectivity index (χ2v) is 8.46. The minimum Gasteiger partial charge on any atom is -0.508 e. The Morgan fingerprint density at radius 3 is 2.78 bits per heavy atom. The Hall–Kier alpha value is -2.78. The van der Waals surface area contributed by atoms with Gasteiger partial charge in [0.25, 0.3) is 0 Å². The Morgan fingerprint density at radius 1 is 1.19 bits per heavy atom. The number of phenols is 1. The zero-order valence-corrected chi connectivity index (χ0v) is 18.9. The number of hydrogen-bond acceptors (Lipinski definition) is 9. The van der Waals surface area contributed by atoms with Gasteiger partial charge in [0.05, 0.1) is 43.9 Å². The summed E-state index contributed by atoms with van der Waals surface area (Å²) in [6, 6.07) is 5.50. The third kappa shape index (κ3) is 5.52. The van der Waals surface area contributed by atoms with E-state index in [1.807, 2.05) is 13.8 Å². The number of nitrogens with zero attached hydrogens (tertiary/aromatic N) is 4. The summed E-state index contributed by atoms with van der Waals surface area (Å²) in [5.41, 5.74) is 8.89. The maximum absolute atomic E-state index is 10.0. The first-order valence-corrected chi connectivity index (χ1v) is 11.3. The number of rotatable bonds is 8. The molecule has 2 aliphatic heterocycles. The van der Waals surface area contributed by atoms with Gasteiger partial charge < -0.3 is 30.0 Å². The average Bonchev–Trinajstić information content (AvgIpc) is 2.78. The summed E-state index contributed by atoms with van der Waals surface area (Å²) in [6.07, 6.45) is 1.65. The van der Waals surface area contributed by atoms with E-state index in [4.69, 9.17) is 19.9 Å². The summed E-state index contributed by atoms with van der Waals surface area (Å²) in [6.45, 7) is 10.3. The Balaban J connectivity index is 1.42. The van der Waals surface area contributed by atoms with E-state index in [1.54, 1.807) is 18.2 Å². The van der Waals surface area contributed by atoms with E-state index < -0.39 is 0 Å². The number of aromatic nitrogens is 2. The quantitative estimate of drug-likeness (QED) is 0.594. The van der Waals surface area contributed by atoms with Crippen molar-refractivity contribution in [2.45, 2.75) is 39.3 Å². The van der Waals surface area contributed by atoms with Crippen LogP contribution in [0.15, 0.2) is 18.2 Å². The monoisotopic (exact) mass is 443 g/mol. The molecule has 1 aromatic heterocycles. The van der Waals surface area contributed by atoms with E-state index in [-0.39, 0.29) is 11.9 Å². The molecule has 1 saturated heterocycles. The van der Waals surface area contributed by atoms with Crippen molar-refractivity contribution in [2.75, 3.05) is 56.6 Å². The van der Waals surface area contributed by atoms with Gasteiger partial charge in [0.15, 0.2) is 0 Å². The SMILES string of the molecule is CC(C)Oc1ccc(O)cc1N1CCc2c(N)nc(OCCCN3CCOCC3)nc2C1. The predicted molar refractivity (Wildman–Crippen MR) is 122 cm³/mol. The maximum Gasteiger partial charge on any atom is 0.318 e. The van der Waals surface area contributed by atoms with Crippen LogP contribution >= 0.6 is 0 Å². The third-order valence-electron chi connectivity index (χ3n) is 5.68. The number of phenolic OH excluding ortho intramolecular Hbond substituents is 1.